The van der Waals surface area contributed by atoms with Crippen molar-refractivity contribution in [3.05, 3.63) is 0 Å². The molecule has 0 bridgehead atoms. The third-order valence-electron chi connectivity index (χ3n) is 1.13. The molecular formula is C5H12BN. The van der Waals surface area contributed by atoms with Crippen LogP contribution in [0, 0.1) is 0 Å². The van der Waals surface area contributed by atoms with E-state index in [4.69, 9.17) is 0 Å². The topological polar surface area (TPSA) is 3.24 Å². The van der Waals surface area contributed by atoms with Gasteiger partial charge in [0.25, 0.3) is 0 Å². The normalized spacial score (nSPS) is 8.29. The van der Waals surface area contributed by atoms with E-state index >= 15 is 0 Å². The zero-order valence-corrected chi connectivity index (χ0v) is 5.36. The van der Waals surface area contributed by atoms with E-state index in [0.717, 1.165) is 12.1 Å². The standard InChI is InChI=1S/C5H12BN/c1-4-7(3)5(2)6/h6H,4H2,1-3H3. The van der Waals surface area contributed by atoms with Gasteiger partial charge in [-0.3, -0.25) is 0 Å². The van der Waals surface area contributed by atoms with Gasteiger partial charge in [-0.05, 0) is 0 Å². The first-order chi connectivity index (χ1) is 3.18. The molecule has 2 heteroatoms. The molecule has 0 spiro atoms. The molecule has 0 fully saturated rings. The first kappa shape index (κ1) is 6.73. The van der Waals surface area contributed by atoms with Crippen molar-refractivity contribution < 1.29 is 0 Å². The SMILES string of the molecule is B=C(C)N(C)CC. The first-order valence-corrected chi connectivity index (χ1v) is 2.55. The van der Waals surface area contributed by atoms with Gasteiger partial charge in [-0.1, -0.05) is 0 Å². The molecule has 0 saturated heterocycles. The molecule has 0 aliphatic heterocycles. The summed E-state index contributed by atoms with van der Waals surface area (Å²) in [6.45, 7) is 5.16. The molecule has 7 heavy (non-hydrogen) atoms. The average Bonchev–Trinajstić information content (AvgIpc) is 1.65. The van der Waals surface area contributed by atoms with Gasteiger partial charge in [0.2, 0.25) is 0 Å². The van der Waals surface area contributed by atoms with Crippen molar-refractivity contribution in [2.75, 3.05) is 13.6 Å². The Balaban J connectivity index is 3.34. The molecule has 0 saturated carbocycles. The second kappa shape index (κ2) is 2.83. The molecule has 0 atom stereocenters. The summed E-state index contributed by atoms with van der Waals surface area (Å²) < 4.78 is 0. The summed E-state index contributed by atoms with van der Waals surface area (Å²) in [6, 6.07) is 0. The molecule has 0 aromatic carbocycles. The molecule has 0 radical (unpaired) electrons. The summed E-state index contributed by atoms with van der Waals surface area (Å²) in [5.74, 6) is 0. The zero-order valence-electron chi connectivity index (χ0n) is 5.36. The maximum absolute atomic E-state index is 3.75. The van der Waals surface area contributed by atoms with E-state index in [-0.39, 0.29) is 0 Å². The van der Waals surface area contributed by atoms with Gasteiger partial charge in [0, 0.05) is 0 Å². The van der Waals surface area contributed by atoms with E-state index in [1.807, 2.05) is 14.0 Å². The fourth-order valence-electron chi connectivity index (χ4n) is 0.270. The second-order valence-electron chi connectivity index (χ2n) is 1.75. The third-order valence-corrected chi connectivity index (χ3v) is 1.13. The van der Waals surface area contributed by atoms with Crippen LogP contribution in [0.1, 0.15) is 13.8 Å². The van der Waals surface area contributed by atoms with E-state index in [1.54, 1.807) is 0 Å². The van der Waals surface area contributed by atoms with Crippen LogP contribution in [-0.2, 0) is 0 Å². The Labute approximate surface area is 46.4 Å². The zero-order chi connectivity index (χ0) is 5.86. The van der Waals surface area contributed by atoms with Crippen LogP contribution < -0.4 is 0 Å². The Morgan fingerprint density at radius 1 is 1.71 bits per heavy atom. The van der Waals surface area contributed by atoms with Gasteiger partial charge < -0.3 is 0 Å². The van der Waals surface area contributed by atoms with Gasteiger partial charge >= 0.3 is 45.4 Å². The van der Waals surface area contributed by atoms with Crippen molar-refractivity contribution in [3.8, 4) is 0 Å². The minimum absolute atomic E-state index is 1.05. The second-order valence-corrected chi connectivity index (χ2v) is 1.75. The Morgan fingerprint density at radius 3 is 2.14 bits per heavy atom. The minimum atomic E-state index is 1.05. The Kier molecular flexibility index (Phi) is 2.73. The van der Waals surface area contributed by atoms with Crippen LogP contribution in [0.3, 0.4) is 0 Å². The van der Waals surface area contributed by atoms with Crippen molar-refractivity contribution in [3.63, 3.8) is 0 Å². The molecule has 0 unspecified atom stereocenters. The molecule has 40 valence electrons. The summed E-state index contributed by atoms with van der Waals surface area (Å²) in [7, 11) is 5.78. The number of hydrogen-bond donors (Lipinski definition) is 0. The molecule has 0 rings (SSSR count). The third kappa shape index (κ3) is 2.43. The van der Waals surface area contributed by atoms with Gasteiger partial charge in [0.15, 0.2) is 0 Å². The summed E-state index contributed by atoms with van der Waals surface area (Å²) in [5, 5.41) is 0. The fraction of sp³-hybridized carbons (Fsp3) is 0.800. The average molecular weight is 97.0 g/mol. The van der Waals surface area contributed by atoms with Crippen molar-refractivity contribution in [2.45, 2.75) is 13.8 Å². The number of hydrogen-bond acceptors (Lipinski definition) is 1. The van der Waals surface area contributed by atoms with Crippen molar-refractivity contribution >= 4 is 13.1 Å². The summed E-state index contributed by atoms with van der Waals surface area (Å²) in [4.78, 5) is 2.10. The van der Waals surface area contributed by atoms with Crippen LogP contribution in [-0.4, -0.2) is 31.6 Å². The predicted molar refractivity (Wildman–Crippen MR) is 36.1 cm³/mol. The van der Waals surface area contributed by atoms with E-state index < -0.39 is 0 Å². The van der Waals surface area contributed by atoms with Gasteiger partial charge in [-0.25, -0.2) is 0 Å². The van der Waals surface area contributed by atoms with Crippen LogP contribution >= 0.6 is 0 Å². The van der Waals surface area contributed by atoms with Crippen molar-refractivity contribution in [2.24, 2.45) is 0 Å². The van der Waals surface area contributed by atoms with Crippen molar-refractivity contribution in [1.29, 1.82) is 0 Å². The summed E-state index contributed by atoms with van der Waals surface area (Å²) in [6.07, 6.45) is 0. The quantitative estimate of drug-likeness (QED) is 0.438. The summed E-state index contributed by atoms with van der Waals surface area (Å²) in [5.41, 5.74) is 1.13. The molecular weight excluding hydrogens is 84.9 g/mol. The van der Waals surface area contributed by atoms with Crippen LogP contribution in [0.15, 0.2) is 0 Å². The Bertz CT molecular complexity index is 70.5. The molecule has 0 aliphatic rings. The molecule has 0 amide bonds. The van der Waals surface area contributed by atoms with Crippen LogP contribution in [0.2, 0.25) is 0 Å². The summed E-state index contributed by atoms with van der Waals surface area (Å²) >= 11 is 0. The maximum atomic E-state index is 3.75. The van der Waals surface area contributed by atoms with E-state index in [0.29, 0.717) is 0 Å². The monoisotopic (exact) mass is 97.1 g/mol. The van der Waals surface area contributed by atoms with Crippen molar-refractivity contribution in [1.82, 2.24) is 4.90 Å². The van der Waals surface area contributed by atoms with Gasteiger partial charge in [-0.2, -0.15) is 0 Å². The van der Waals surface area contributed by atoms with Gasteiger partial charge in [0.05, 0.1) is 0 Å². The first-order valence-electron chi connectivity index (χ1n) is 2.55. The van der Waals surface area contributed by atoms with Crippen LogP contribution in [0.4, 0.5) is 0 Å². The molecule has 1 nitrogen and oxygen atoms in total. The molecule has 0 aromatic heterocycles. The molecule has 0 aromatic rings. The fourth-order valence-corrected chi connectivity index (χ4v) is 0.270. The number of rotatable bonds is 2. The van der Waals surface area contributed by atoms with E-state index in [2.05, 4.69) is 19.3 Å². The van der Waals surface area contributed by atoms with Gasteiger partial charge in [-0.15, -0.1) is 0 Å². The molecule has 0 aliphatic carbocycles. The Morgan fingerprint density at radius 2 is 2.14 bits per heavy atom. The predicted octanol–water partition coefficient (Wildman–Crippen LogP) is -0.0113. The number of nitrogens with zero attached hydrogens (tertiary/aromatic N) is 1. The molecule has 0 heterocycles. The van der Waals surface area contributed by atoms with E-state index in [9.17, 15) is 0 Å². The van der Waals surface area contributed by atoms with Gasteiger partial charge in [0.1, 0.15) is 0 Å². The molecule has 0 N–H and O–H groups in total. The van der Waals surface area contributed by atoms with Crippen LogP contribution in [0.5, 0.6) is 0 Å². The van der Waals surface area contributed by atoms with Crippen LogP contribution in [0.25, 0.3) is 0 Å². The Hall–Kier alpha value is -0.265. The van der Waals surface area contributed by atoms with E-state index in [1.165, 1.54) is 0 Å².